The number of methoxy groups -OCH3 is 3. The second-order valence-corrected chi connectivity index (χ2v) is 6.78. The quantitative estimate of drug-likeness (QED) is 0.448. The average Bonchev–Trinajstić information content (AvgIpc) is 3.16. The van der Waals surface area contributed by atoms with Crippen molar-refractivity contribution < 1.29 is 19.0 Å². The molecule has 2 aromatic heterocycles. The summed E-state index contributed by atoms with van der Waals surface area (Å²) in [5, 5.41) is 0. The van der Waals surface area contributed by atoms with Crippen LogP contribution in [0.15, 0.2) is 66.9 Å². The van der Waals surface area contributed by atoms with Gasteiger partial charge in [-0.15, -0.1) is 0 Å². The highest BCUT2D eigenvalue weighted by Crippen LogP contribution is 2.34. The normalized spacial score (nSPS) is 10.8. The first-order valence-corrected chi connectivity index (χ1v) is 9.50. The maximum Gasteiger partial charge on any atom is 0.339 e. The molecule has 0 aliphatic carbocycles. The van der Waals surface area contributed by atoms with Crippen molar-refractivity contribution in [1.82, 2.24) is 9.38 Å². The maximum atomic E-state index is 12.1. The number of carbonyl (C=O) groups excluding carboxylic acids is 1. The minimum absolute atomic E-state index is 0.385. The largest absolute Gasteiger partial charge is 0.493 e. The van der Waals surface area contributed by atoms with Gasteiger partial charge in [0.1, 0.15) is 5.65 Å². The van der Waals surface area contributed by atoms with Gasteiger partial charge in [0, 0.05) is 18.2 Å². The topological polar surface area (TPSA) is 62.1 Å². The van der Waals surface area contributed by atoms with Gasteiger partial charge in [-0.3, -0.25) is 0 Å². The number of fused-ring (bicyclic) bond motifs is 1. The third-order valence-corrected chi connectivity index (χ3v) is 5.01. The Morgan fingerprint density at radius 1 is 0.933 bits per heavy atom. The number of nitrogens with zero attached hydrogens (tertiary/aromatic N) is 2. The van der Waals surface area contributed by atoms with Crippen LogP contribution in [0.2, 0.25) is 0 Å². The number of hydrogen-bond donors (Lipinski definition) is 0. The zero-order valence-corrected chi connectivity index (χ0v) is 17.1. The first kappa shape index (κ1) is 19.5. The Bertz CT molecular complexity index is 1200. The lowest BCUT2D eigenvalue weighted by atomic mass is 10.0. The fourth-order valence-electron chi connectivity index (χ4n) is 3.50. The predicted octanol–water partition coefficient (Wildman–Crippen LogP) is 4.40. The molecule has 4 aromatic rings. The number of rotatable bonds is 6. The summed E-state index contributed by atoms with van der Waals surface area (Å²) in [4.78, 5) is 16.9. The number of carbonyl (C=O) groups is 1. The molecular weight excluding hydrogens is 380 g/mol. The Morgan fingerprint density at radius 2 is 1.70 bits per heavy atom. The van der Waals surface area contributed by atoms with Crippen LogP contribution < -0.4 is 9.47 Å². The number of benzene rings is 2. The summed E-state index contributed by atoms with van der Waals surface area (Å²) >= 11 is 0. The Morgan fingerprint density at radius 3 is 2.40 bits per heavy atom. The molecule has 6 heteroatoms. The molecule has 152 valence electrons. The van der Waals surface area contributed by atoms with Crippen LogP contribution in [0.4, 0.5) is 0 Å². The summed E-state index contributed by atoms with van der Waals surface area (Å²) in [6.07, 6.45) is 2.42. The number of pyridine rings is 1. The SMILES string of the molecule is COC(=O)c1ccc2nc(-c3ccc(OC)c(OC)c3)c(Cc3ccccc3)n2c1. The van der Waals surface area contributed by atoms with Gasteiger partial charge in [0.25, 0.3) is 0 Å². The van der Waals surface area contributed by atoms with Crippen LogP contribution >= 0.6 is 0 Å². The van der Waals surface area contributed by atoms with E-state index in [2.05, 4.69) is 12.1 Å². The monoisotopic (exact) mass is 402 g/mol. The highest BCUT2D eigenvalue weighted by atomic mass is 16.5. The Hall–Kier alpha value is -3.80. The van der Waals surface area contributed by atoms with Crippen LogP contribution in [0.3, 0.4) is 0 Å². The van der Waals surface area contributed by atoms with Crippen LogP contribution in [0.25, 0.3) is 16.9 Å². The smallest absolute Gasteiger partial charge is 0.339 e. The van der Waals surface area contributed by atoms with Crippen molar-refractivity contribution in [1.29, 1.82) is 0 Å². The minimum Gasteiger partial charge on any atom is -0.493 e. The van der Waals surface area contributed by atoms with E-state index in [-0.39, 0.29) is 5.97 Å². The molecule has 2 heterocycles. The van der Waals surface area contributed by atoms with Gasteiger partial charge in [-0.05, 0) is 35.9 Å². The summed E-state index contributed by atoms with van der Waals surface area (Å²) < 4.78 is 17.7. The Labute approximate surface area is 174 Å². The highest BCUT2D eigenvalue weighted by Gasteiger charge is 2.18. The van der Waals surface area contributed by atoms with Crippen molar-refractivity contribution >= 4 is 11.6 Å². The molecule has 0 radical (unpaired) electrons. The minimum atomic E-state index is -0.385. The van der Waals surface area contributed by atoms with Crippen molar-refractivity contribution in [2.24, 2.45) is 0 Å². The number of imidazole rings is 1. The van der Waals surface area contributed by atoms with E-state index in [0.29, 0.717) is 23.5 Å². The summed E-state index contributed by atoms with van der Waals surface area (Å²) in [6.45, 7) is 0. The van der Waals surface area contributed by atoms with Crippen LogP contribution in [0, 0.1) is 0 Å². The van der Waals surface area contributed by atoms with E-state index in [0.717, 1.165) is 28.2 Å². The first-order chi connectivity index (χ1) is 14.6. The lowest BCUT2D eigenvalue weighted by molar-refractivity contribution is 0.0600. The van der Waals surface area contributed by atoms with Crippen LogP contribution in [-0.4, -0.2) is 36.7 Å². The summed E-state index contributed by atoms with van der Waals surface area (Å²) in [5.41, 5.74) is 5.05. The molecule has 2 aromatic carbocycles. The zero-order chi connectivity index (χ0) is 21.1. The van der Waals surface area contributed by atoms with Gasteiger partial charge in [0.05, 0.1) is 38.3 Å². The Balaban J connectivity index is 1.92. The number of ether oxygens (including phenoxy) is 3. The van der Waals surface area contributed by atoms with Gasteiger partial charge in [-0.1, -0.05) is 30.3 Å². The van der Waals surface area contributed by atoms with E-state index >= 15 is 0 Å². The van der Waals surface area contributed by atoms with Crippen molar-refractivity contribution in [3.63, 3.8) is 0 Å². The maximum absolute atomic E-state index is 12.1. The molecule has 0 amide bonds. The molecule has 0 aliphatic heterocycles. The third-order valence-electron chi connectivity index (χ3n) is 5.01. The summed E-state index contributed by atoms with van der Waals surface area (Å²) in [6, 6.07) is 19.4. The van der Waals surface area contributed by atoms with Gasteiger partial charge in [0.2, 0.25) is 0 Å². The van der Waals surface area contributed by atoms with E-state index < -0.39 is 0 Å². The standard InChI is InChI=1S/C24H22N2O4/c1-28-20-11-9-17(14-21(20)29-2)23-19(13-16-7-5-4-6-8-16)26-15-18(24(27)30-3)10-12-22(26)25-23/h4-12,14-15H,13H2,1-3H3. The van der Waals surface area contributed by atoms with E-state index in [4.69, 9.17) is 19.2 Å². The molecule has 0 saturated carbocycles. The van der Waals surface area contributed by atoms with Crippen molar-refractivity contribution in [3.05, 3.63) is 83.7 Å². The number of aromatic nitrogens is 2. The van der Waals surface area contributed by atoms with Crippen molar-refractivity contribution in [2.45, 2.75) is 6.42 Å². The zero-order valence-electron chi connectivity index (χ0n) is 17.1. The molecule has 0 aliphatic rings. The predicted molar refractivity (Wildman–Crippen MR) is 114 cm³/mol. The highest BCUT2D eigenvalue weighted by molar-refractivity contribution is 5.89. The molecule has 0 fully saturated rings. The van der Waals surface area contributed by atoms with Gasteiger partial charge in [-0.25, -0.2) is 9.78 Å². The van der Waals surface area contributed by atoms with E-state index in [1.54, 1.807) is 26.5 Å². The van der Waals surface area contributed by atoms with Gasteiger partial charge in [-0.2, -0.15) is 0 Å². The molecule has 30 heavy (non-hydrogen) atoms. The van der Waals surface area contributed by atoms with Gasteiger partial charge < -0.3 is 18.6 Å². The van der Waals surface area contributed by atoms with Crippen LogP contribution in [-0.2, 0) is 11.2 Å². The second-order valence-electron chi connectivity index (χ2n) is 6.78. The molecule has 0 unspecified atom stereocenters. The van der Waals surface area contributed by atoms with Crippen molar-refractivity contribution in [2.75, 3.05) is 21.3 Å². The molecule has 0 spiro atoms. The summed E-state index contributed by atoms with van der Waals surface area (Å²) in [5.74, 6) is 0.902. The summed E-state index contributed by atoms with van der Waals surface area (Å²) in [7, 11) is 4.59. The van der Waals surface area contributed by atoms with E-state index in [1.807, 2.05) is 46.9 Å². The molecule has 0 atom stereocenters. The second kappa shape index (κ2) is 8.29. The number of esters is 1. The number of hydrogen-bond acceptors (Lipinski definition) is 5. The van der Waals surface area contributed by atoms with E-state index in [9.17, 15) is 4.79 Å². The lowest BCUT2D eigenvalue weighted by Gasteiger charge is -2.10. The molecule has 0 bridgehead atoms. The van der Waals surface area contributed by atoms with Gasteiger partial charge in [0.15, 0.2) is 11.5 Å². The molecule has 4 rings (SSSR count). The first-order valence-electron chi connectivity index (χ1n) is 9.50. The fourth-order valence-corrected chi connectivity index (χ4v) is 3.50. The molecule has 0 saturated heterocycles. The molecule has 6 nitrogen and oxygen atoms in total. The van der Waals surface area contributed by atoms with Gasteiger partial charge >= 0.3 is 5.97 Å². The Kier molecular flexibility index (Phi) is 5.39. The molecule has 0 N–H and O–H groups in total. The van der Waals surface area contributed by atoms with Crippen LogP contribution in [0.5, 0.6) is 11.5 Å². The fraction of sp³-hybridized carbons (Fsp3) is 0.167. The third kappa shape index (κ3) is 3.59. The molecular formula is C24H22N2O4. The van der Waals surface area contributed by atoms with Crippen molar-refractivity contribution in [3.8, 4) is 22.8 Å². The lowest BCUT2D eigenvalue weighted by Crippen LogP contribution is -2.04. The average molecular weight is 402 g/mol. The van der Waals surface area contributed by atoms with Crippen LogP contribution in [0.1, 0.15) is 21.6 Å². The van der Waals surface area contributed by atoms with E-state index in [1.165, 1.54) is 7.11 Å².